The topological polar surface area (TPSA) is 83.8 Å². The van der Waals surface area contributed by atoms with Crippen molar-refractivity contribution >= 4 is 35.1 Å². The molecule has 23 heavy (non-hydrogen) atoms. The van der Waals surface area contributed by atoms with Crippen LogP contribution in [-0.4, -0.2) is 22.2 Å². The third-order valence-electron chi connectivity index (χ3n) is 3.07. The molecule has 0 amide bonds. The molecule has 0 aliphatic carbocycles. The van der Waals surface area contributed by atoms with Gasteiger partial charge >= 0.3 is 11.9 Å². The van der Waals surface area contributed by atoms with Gasteiger partial charge in [-0.05, 0) is 12.1 Å². The number of hydrogen-bond acceptors (Lipinski definition) is 4. The summed E-state index contributed by atoms with van der Waals surface area (Å²) in [6, 6.07) is 12.2. The quantitative estimate of drug-likeness (QED) is 0.804. The molecule has 2 aromatic carbocycles. The third kappa shape index (κ3) is 4.01. The van der Waals surface area contributed by atoms with Gasteiger partial charge in [-0.1, -0.05) is 59.6 Å². The molecular weight excluding hydrogens is 343 g/mol. The minimum Gasteiger partial charge on any atom is -0.478 e. The summed E-state index contributed by atoms with van der Waals surface area (Å²) >= 11 is 11.8. The lowest BCUT2D eigenvalue weighted by atomic mass is 10.1. The van der Waals surface area contributed by atoms with Crippen LogP contribution in [-0.2, 0) is 14.3 Å². The molecule has 2 unspecified atom stereocenters. The van der Waals surface area contributed by atoms with Crippen LogP contribution < -0.4 is 0 Å². The Morgan fingerprint density at radius 3 is 1.87 bits per heavy atom. The monoisotopic (exact) mass is 354 g/mol. The molecule has 0 saturated carbocycles. The fourth-order valence-electron chi connectivity index (χ4n) is 1.94. The lowest BCUT2D eigenvalue weighted by Gasteiger charge is -2.18. The van der Waals surface area contributed by atoms with Crippen molar-refractivity contribution in [2.75, 3.05) is 0 Å². The van der Waals surface area contributed by atoms with Gasteiger partial charge in [0.2, 0.25) is 6.10 Å². The van der Waals surface area contributed by atoms with Gasteiger partial charge in [0.05, 0.1) is 0 Å². The van der Waals surface area contributed by atoms with E-state index < -0.39 is 24.1 Å². The Morgan fingerprint density at radius 1 is 0.913 bits per heavy atom. The number of carbonyl (C=O) groups is 2. The Labute approximate surface area is 142 Å². The largest absolute Gasteiger partial charge is 0.478 e. The van der Waals surface area contributed by atoms with Crippen molar-refractivity contribution < 1.29 is 24.5 Å². The number of halogens is 2. The summed E-state index contributed by atoms with van der Waals surface area (Å²) in [4.78, 5) is 23.4. The molecule has 2 atom stereocenters. The summed E-state index contributed by atoms with van der Waals surface area (Å²) in [5, 5.41) is 19.6. The first kappa shape index (κ1) is 17.3. The van der Waals surface area contributed by atoms with Crippen LogP contribution in [0.3, 0.4) is 0 Å². The van der Waals surface area contributed by atoms with Gasteiger partial charge in [-0.3, -0.25) is 0 Å². The van der Waals surface area contributed by atoms with Crippen LogP contribution in [0.5, 0.6) is 0 Å². The van der Waals surface area contributed by atoms with Gasteiger partial charge in [0.25, 0.3) is 0 Å². The molecule has 120 valence electrons. The summed E-state index contributed by atoms with van der Waals surface area (Å²) in [5.74, 6) is -2.54. The number of carboxylic acid groups (broad SMARTS) is 1. The average molecular weight is 355 g/mol. The average Bonchev–Trinajstić information content (AvgIpc) is 2.53. The lowest BCUT2D eigenvalue weighted by Crippen LogP contribution is -2.24. The maximum Gasteiger partial charge on any atom is 0.349 e. The number of benzene rings is 2. The number of aliphatic hydroxyl groups excluding tert-OH is 1. The van der Waals surface area contributed by atoms with Crippen molar-refractivity contribution in [3.8, 4) is 0 Å². The van der Waals surface area contributed by atoms with E-state index in [2.05, 4.69) is 0 Å². The maximum atomic E-state index is 12.1. The fraction of sp³-hybridized carbons (Fsp3) is 0.125. The first-order chi connectivity index (χ1) is 10.9. The highest BCUT2D eigenvalue weighted by molar-refractivity contribution is 6.32. The molecule has 0 heterocycles. The second-order valence-corrected chi connectivity index (χ2v) is 5.42. The number of esters is 1. The van der Waals surface area contributed by atoms with Crippen molar-refractivity contribution in [1.29, 1.82) is 0 Å². The zero-order valence-corrected chi connectivity index (χ0v) is 13.2. The van der Waals surface area contributed by atoms with Gasteiger partial charge in [0.15, 0.2) is 6.10 Å². The predicted molar refractivity (Wildman–Crippen MR) is 84.3 cm³/mol. The van der Waals surface area contributed by atoms with Crippen molar-refractivity contribution in [1.82, 2.24) is 0 Å². The molecule has 7 heteroatoms. The standard InChI is InChI=1S/C16H12Cl2O5/c17-11-7-3-1-5-9(11)13(19)16(22)23-14(15(20)21)10-6-2-4-8-12(10)18/h1-8,13-14,19H,(H,20,21). The molecule has 0 aliphatic heterocycles. The molecule has 0 bridgehead atoms. The Morgan fingerprint density at radius 2 is 1.39 bits per heavy atom. The van der Waals surface area contributed by atoms with E-state index in [1.807, 2.05) is 0 Å². The number of carbonyl (C=O) groups excluding carboxylic acids is 1. The second-order valence-electron chi connectivity index (χ2n) is 4.60. The molecule has 2 aromatic rings. The number of rotatable bonds is 5. The lowest BCUT2D eigenvalue weighted by molar-refractivity contribution is -0.171. The van der Waals surface area contributed by atoms with E-state index in [0.717, 1.165) is 0 Å². The minimum atomic E-state index is -1.70. The zero-order chi connectivity index (χ0) is 17.0. The Bertz CT molecular complexity index is 732. The molecule has 0 aliphatic rings. The van der Waals surface area contributed by atoms with Gasteiger partial charge < -0.3 is 14.9 Å². The first-order valence-corrected chi connectivity index (χ1v) is 7.27. The molecule has 2 rings (SSSR count). The first-order valence-electron chi connectivity index (χ1n) is 6.52. The zero-order valence-electron chi connectivity index (χ0n) is 11.6. The number of aliphatic carboxylic acids is 1. The van der Waals surface area contributed by atoms with E-state index in [-0.39, 0.29) is 21.2 Å². The van der Waals surface area contributed by atoms with E-state index in [4.69, 9.17) is 27.9 Å². The molecule has 5 nitrogen and oxygen atoms in total. The van der Waals surface area contributed by atoms with Crippen LogP contribution in [0.15, 0.2) is 48.5 Å². The van der Waals surface area contributed by atoms with Gasteiger partial charge in [0, 0.05) is 21.2 Å². The number of carboxylic acids is 1. The van der Waals surface area contributed by atoms with E-state index in [1.165, 1.54) is 24.3 Å². The third-order valence-corrected chi connectivity index (χ3v) is 3.76. The van der Waals surface area contributed by atoms with Crippen molar-refractivity contribution in [3.05, 3.63) is 69.7 Å². The minimum absolute atomic E-state index is 0.112. The Kier molecular flexibility index (Phi) is 5.60. The summed E-state index contributed by atoms with van der Waals surface area (Å²) in [5.41, 5.74) is 0.240. The molecular formula is C16H12Cl2O5. The highest BCUT2D eigenvalue weighted by Crippen LogP contribution is 2.29. The Hall–Kier alpha value is -2.08. The Balaban J connectivity index is 2.24. The summed E-state index contributed by atoms with van der Waals surface area (Å²) in [6.45, 7) is 0. The fourth-order valence-corrected chi connectivity index (χ4v) is 2.41. The van der Waals surface area contributed by atoms with Crippen LogP contribution in [0.4, 0.5) is 0 Å². The highest BCUT2D eigenvalue weighted by Gasteiger charge is 2.30. The van der Waals surface area contributed by atoms with E-state index in [9.17, 15) is 19.8 Å². The molecule has 0 aromatic heterocycles. The van der Waals surface area contributed by atoms with Gasteiger partial charge in [-0.15, -0.1) is 0 Å². The van der Waals surface area contributed by atoms with Crippen molar-refractivity contribution in [2.24, 2.45) is 0 Å². The molecule has 0 fully saturated rings. The summed E-state index contributed by atoms with van der Waals surface area (Å²) in [6.07, 6.45) is -3.33. The van der Waals surface area contributed by atoms with Crippen LogP contribution in [0.2, 0.25) is 10.0 Å². The van der Waals surface area contributed by atoms with Gasteiger partial charge in [0.1, 0.15) is 0 Å². The van der Waals surface area contributed by atoms with Crippen molar-refractivity contribution in [3.63, 3.8) is 0 Å². The number of aliphatic hydroxyl groups is 1. The van der Waals surface area contributed by atoms with Gasteiger partial charge in [-0.2, -0.15) is 0 Å². The highest BCUT2D eigenvalue weighted by atomic mass is 35.5. The molecule has 0 saturated heterocycles. The summed E-state index contributed by atoms with van der Waals surface area (Å²) < 4.78 is 4.92. The SMILES string of the molecule is O=C(OC(C(=O)O)c1ccccc1Cl)C(O)c1ccccc1Cl. The maximum absolute atomic E-state index is 12.1. The van der Waals surface area contributed by atoms with E-state index in [1.54, 1.807) is 24.3 Å². The van der Waals surface area contributed by atoms with E-state index >= 15 is 0 Å². The summed E-state index contributed by atoms with van der Waals surface area (Å²) in [7, 11) is 0. The van der Waals surface area contributed by atoms with Crippen LogP contribution in [0.1, 0.15) is 23.3 Å². The van der Waals surface area contributed by atoms with Gasteiger partial charge in [-0.25, -0.2) is 9.59 Å². The van der Waals surface area contributed by atoms with Crippen LogP contribution in [0.25, 0.3) is 0 Å². The molecule has 0 spiro atoms. The smallest absolute Gasteiger partial charge is 0.349 e. The molecule has 2 N–H and O–H groups in total. The van der Waals surface area contributed by atoms with Crippen LogP contribution >= 0.6 is 23.2 Å². The van der Waals surface area contributed by atoms with Crippen molar-refractivity contribution in [2.45, 2.75) is 12.2 Å². The predicted octanol–water partition coefficient (Wildman–Crippen LogP) is 3.40. The number of hydrogen-bond donors (Lipinski definition) is 2. The normalized spacial score (nSPS) is 13.2. The van der Waals surface area contributed by atoms with Crippen LogP contribution in [0, 0.1) is 0 Å². The second kappa shape index (κ2) is 7.46. The number of ether oxygens (including phenoxy) is 1. The van der Waals surface area contributed by atoms with E-state index in [0.29, 0.717) is 0 Å². The molecule has 0 radical (unpaired) electrons.